The van der Waals surface area contributed by atoms with E-state index < -0.39 is 0 Å². The Morgan fingerprint density at radius 3 is 2.12 bits per heavy atom. The number of aliphatic hydroxyl groups is 1. The molecule has 0 radical (unpaired) electrons. The lowest BCUT2D eigenvalue weighted by atomic mass is 9.86. The average molecular weight is 242 g/mol. The normalized spacial score (nSPS) is 14.8. The molecule has 0 spiro atoms. The summed E-state index contributed by atoms with van der Waals surface area (Å²) in [7, 11) is 0. The highest BCUT2D eigenvalue weighted by atomic mass is 16.5. The molecular formula is C14H26O3. The molecule has 17 heavy (non-hydrogen) atoms. The number of hydrogen-bond donors (Lipinski definition) is 1. The molecule has 0 bridgehead atoms. The van der Waals surface area contributed by atoms with Crippen molar-refractivity contribution in [3.05, 3.63) is 12.2 Å². The topological polar surface area (TPSA) is 46.5 Å². The molecule has 2 unspecified atom stereocenters. The molecule has 0 aliphatic heterocycles. The van der Waals surface area contributed by atoms with Gasteiger partial charge in [0.15, 0.2) is 0 Å². The molecule has 3 nitrogen and oxygen atoms in total. The first-order chi connectivity index (χ1) is 7.79. The molecule has 0 aromatic heterocycles. The van der Waals surface area contributed by atoms with Crippen molar-refractivity contribution in [1.82, 2.24) is 0 Å². The van der Waals surface area contributed by atoms with Crippen LogP contribution in [0.3, 0.4) is 0 Å². The van der Waals surface area contributed by atoms with Crippen molar-refractivity contribution in [2.75, 3.05) is 6.61 Å². The predicted octanol–water partition coefficient (Wildman–Crippen LogP) is 2.78. The second kappa shape index (κ2) is 7.49. The van der Waals surface area contributed by atoms with Gasteiger partial charge in [-0.3, -0.25) is 0 Å². The fourth-order valence-corrected chi connectivity index (χ4v) is 1.77. The Hall–Kier alpha value is -0.830. The highest BCUT2D eigenvalue weighted by Gasteiger charge is 2.28. The summed E-state index contributed by atoms with van der Waals surface area (Å²) in [5.74, 6) is 0.322. The zero-order valence-electron chi connectivity index (χ0n) is 11.7. The van der Waals surface area contributed by atoms with Crippen molar-refractivity contribution in [1.29, 1.82) is 0 Å². The minimum absolute atomic E-state index is 0.0132. The van der Waals surface area contributed by atoms with Crippen LogP contribution < -0.4 is 0 Å². The molecule has 1 N–H and O–H groups in total. The molecule has 0 fully saturated rings. The second-order valence-electron chi connectivity index (χ2n) is 5.44. The number of carbonyl (C=O) groups is 1. The molecule has 0 saturated carbocycles. The van der Waals surface area contributed by atoms with Gasteiger partial charge in [0, 0.05) is 18.1 Å². The van der Waals surface area contributed by atoms with Crippen molar-refractivity contribution < 1.29 is 14.6 Å². The van der Waals surface area contributed by atoms with Gasteiger partial charge in [-0.1, -0.05) is 34.3 Å². The quantitative estimate of drug-likeness (QED) is 0.551. The zero-order chi connectivity index (χ0) is 13.6. The van der Waals surface area contributed by atoms with E-state index in [1.54, 1.807) is 6.92 Å². The van der Waals surface area contributed by atoms with E-state index in [0.717, 1.165) is 6.42 Å². The first-order valence-electron chi connectivity index (χ1n) is 6.26. The summed E-state index contributed by atoms with van der Waals surface area (Å²) >= 11 is 0. The van der Waals surface area contributed by atoms with Gasteiger partial charge < -0.3 is 9.84 Å². The molecule has 100 valence electrons. The van der Waals surface area contributed by atoms with Crippen LogP contribution in [0.15, 0.2) is 12.2 Å². The van der Waals surface area contributed by atoms with E-state index in [9.17, 15) is 9.90 Å². The Labute approximate surface area is 105 Å². The van der Waals surface area contributed by atoms with Crippen LogP contribution in [-0.4, -0.2) is 23.8 Å². The standard InChI is InChI=1S/C14H26O3/c1-9(2)7-13(12(8-15)10(3)4)17-14(16)11(5)6/h9-10,12-13,15H,5,7-8H2,1-4,6H3. The number of aliphatic hydroxyl groups excluding tert-OH is 1. The molecule has 3 heteroatoms. The average Bonchev–Trinajstić information content (AvgIpc) is 2.16. The van der Waals surface area contributed by atoms with Crippen LogP contribution in [0.2, 0.25) is 0 Å². The lowest BCUT2D eigenvalue weighted by molar-refractivity contribution is -0.150. The van der Waals surface area contributed by atoms with Gasteiger partial charge in [0.2, 0.25) is 0 Å². The van der Waals surface area contributed by atoms with Crippen LogP contribution in [-0.2, 0) is 9.53 Å². The Balaban J connectivity index is 4.73. The maximum Gasteiger partial charge on any atom is 0.333 e. The number of esters is 1. The number of hydrogen-bond acceptors (Lipinski definition) is 3. The highest BCUT2D eigenvalue weighted by Crippen LogP contribution is 2.24. The van der Waals surface area contributed by atoms with Crippen molar-refractivity contribution in [3.63, 3.8) is 0 Å². The number of rotatable bonds is 7. The molecule has 0 rings (SSSR count). The summed E-state index contributed by atoms with van der Waals surface area (Å²) in [5, 5.41) is 9.42. The van der Waals surface area contributed by atoms with E-state index in [-0.39, 0.29) is 30.5 Å². The van der Waals surface area contributed by atoms with E-state index in [2.05, 4.69) is 20.4 Å². The first kappa shape index (κ1) is 16.2. The molecule has 0 saturated heterocycles. The molecule has 0 amide bonds. The third-order valence-corrected chi connectivity index (χ3v) is 2.86. The van der Waals surface area contributed by atoms with Gasteiger partial charge in [-0.05, 0) is 25.2 Å². The summed E-state index contributed by atoms with van der Waals surface area (Å²) < 4.78 is 5.44. The van der Waals surface area contributed by atoms with Crippen LogP contribution in [0.25, 0.3) is 0 Å². The van der Waals surface area contributed by atoms with Gasteiger partial charge in [-0.2, -0.15) is 0 Å². The molecule has 0 aromatic rings. The fourth-order valence-electron chi connectivity index (χ4n) is 1.77. The van der Waals surface area contributed by atoms with E-state index in [1.165, 1.54) is 0 Å². The minimum Gasteiger partial charge on any atom is -0.459 e. The summed E-state index contributed by atoms with van der Waals surface area (Å²) in [4.78, 5) is 11.6. The Kier molecular flexibility index (Phi) is 7.12. The minimum atomic E-state index is -0.366. The van der Waals surface area contributed by atoms with Gasteiger partial charge in [0.25, 0.3) is 0 Å². The molecule has 0 aliphatic rings. The van der Waals surface area contributed by atoms with Crippen molar-refractivity contribution in [2.24, 2.45) is 17.8 Å². The van der Waals surface area contributed by atoms with Gasteiger partial charge in [0.1, 0.15) is 6.10 Å². The third kappa shape index (κ3) is 5.87. The van der Waals surface area contributed by atoms with E-state index >= 15 is 0 Å². The van der Waals surface area contributed by atoms with Crippen LogP contribution in [0.5, 0.6) is 0 Å². The number of ether oxygens (including phenoxy) is 1. The summed E-state index contributed by atoms with van der Waals surface area (Å²) in [6.07, 6.45) is 0.534. The van der Waals surface area contributed by atoms with Crippen LogP contribution in [0.1, 0.15) is 41.0 Å². The van der Waals surface area contributed by atoms with Crippen LogP contribution >= 0.6 is 0 Å². The lowest BCUT2D eigenvalue weighted by Crippen LogP contribution is -2.34. The maximum absolute atomic E-state index is 11.6. The fraction of sp³-hybridized carbons (Fsp3) is 0.786. The molecular weight excluding hydrogens is 216 g/mol. The molecule has 0 aromatic carbocycles. The zero-order valence-corrected chi connectivity index (χ0v) is 11.7. The maximum atomic E-state index is 11.6. The second-order valence-corrected chi connectivity index (χ2v) is 5.44. The smallest absolute Gasteiger partial charge is 0.333 e. The van der Waals surface area contributed by atoms with E-state index in [4.69, 9.17) is 4.74 Å². The molecule has 0 aliphatic carbocycles. The van der Waals surface area contributed by atoms with Crippen LogP contribution in [0.4, 0.5) is 0 Å². The summed E-state index contributed by atoms with van der Waals surface area (Å²) in [6.45, 7) is 13.5. The van der Waals surface area contributed by atoms with Gasteiger partial charge >= 0.3 is 5.97 Å². The molecule has 0 heterocycles. The SMILES string of the molecule is C=C(C)C(=O)OC(CC(C)C)C(CO)C(C)C. The van der Waals surface area contributed by atoms with Gasteiger partial charge in [0.05, 0.1) is 0 Å². The summed E-state index contributed by atoms with van der Waals surface area (Å²) in [6, 6.07) is 0. The van der Waals surface area contributed by atoms with Gasteiger partial charge in [-0.25, -0.2) is 4.79 Å². The van der Waals surface area contributed by atoms with Gasteiger partial charge in [-0.15, -0.1) is 0 Å². The monoisotopic (exact) mass is 242 g/mol. The first-order valence-corrected chi connectivity index (χ1v) is 6.26. The Morgan fingerprint density at radius 2 is 1.82 bits per heavy atom. The lowest BCUT2D eigenvalue weighted by Gasteiger charge is -2.29. The number of carbonyl (C=O) groups excluding carboxylic acids is 1. The van der Waals surface area contributed by atoms with Crippen LogP contribution in [0, 0.1) is 17.8 Å². The Bertz CT molecular complexity index is 256. The van der Waals surface area contributed by atoms with Crippen molar-refractivity contribution in [3.8, 4) is 0 Å². The molecule has 2 atom stereocenters. The Morgan fingerprint density at radius 1 is 1.29 bits per heavy atom. The van der Waals surface area contributed by atoms with E-state index in [1.807, 2.05) is 13.8 Å². The highest BCUT2D eigenvalue weighted by molar-refractivity contribution is 5.87. The van der Waals surface area contributed by atoms with E-state index in [0.29, 0.717) is 11.5 Å². The third-order valence-electron chi connectivity index (χ3n) is 2.86. The largest absolute Gasteiger partial charge is 0.459 e. The van der Waals surface area contributed by atoms with Crippen molar-refractivity contribution in [2.45, 2.75) is 47.1 Å². The predicted molar refractivity (Wildman–Crippen MR) is 69.6 cm³/mol. The van der Waals surface area contributed by atoms with Crippen molar-refractivity contribution >= 4 is 5.97 Å². The summed E-state index contributed by atoms with van der Waals surface area (Å²) in [5.41, 5.74) is 0.402.